The van der Waals surface area contributed by atoms with Crippen molar-refractivity contribution in [1.82, 2.24) is 20.6 Å². The van der Waals surface area contributed by atoms with Crippen LogP contribution in [0.1, 0.15) is 29.4 Å². The van der Waals surface area contributed by atoms with Gasteiger partial charge in [0, 0.05) is 18.4 Å². The molecule has 0 saturated heterocycles. The van der Waals surface area contributed by atoms with E-state index in [1.54, 1.807) is 18.3 Å². The Morgan fingerprint density at radius 1 is 1.22 bits per heavy atom. The number of nitrogens with zero attached hydrogens (tertiary/aromatic N) is 1. The number of carbonyl (C=O) groups is 2. The molecule has 3 N–H and O–H groups in total. The molecule has 0 spiro atoms. The number of aromatic amines is 1. The largest absolute Gasteiger partial charge is 0.354 e. The van der Waals surface area contributed by atoms with Gasteiger partial charge in [0.1, 0.15) is 16.9 Å². The zero-order valence-electron chi connectivity index (χ0n) is 15.0. The molecular formula is C20H21ClN4O2. The number of carbonyl (C=O) groups excluding carboxylic acids is 2. The van der Waals surface area contributed by atoms with Crippen molar-refractivity contribution >= 4 is 34.3 Å². The Kier molecular flexibility index (Phi) is 6.08. The van der Waals surface area contributed by atoms with Crippen molar-refractivity contribution in [3.8, 4) is 0 Å². The molecule has 2 amide bonds. The van der Waals surface area contributed by atoms with Gasteiger partial charge in [0.05, 0.1) is 11.7 Å². The standard InChI is InChI=1S/C20H21ClN4O2/c1-2-8-22-19(26)15(9-13-6-4-3-5-7-13)25-20(27)16-10-14-11-18(21)23-12-17(14)24-16/h3-7,10-12,15,24H,2,8-9H2,1H3,(H,22,26)(H,25,27)/t15-/m0/s1. The van der Waals surface area contributed by atoms with Crippen molar-refractivity contribution in [2.75, 3.05) is 6.54 Å². The van der Waals surface area contributed by atoms with E-state index in [0.29, 0.717) is 29.3 Å². The molecule has 0 aliphatic rings. The fraction of sp³-hybridized carbons (Fsp3) is 0.250. The summed E-state index contributed by atoms with van der Waals surface area (Å²) in [4.78, 5) is 32.2. The second kappa shape index (κ2) is 8.68. The van der Waals surface area contributed by atoms with Gasteiger partial charge in [0.25, 0.3) is 5.91 Å². The first-order valence-electron chi connectivity index (χ1n) is 8.83. The minimum Gasteiger partial charge on any atom is -0.354 e. The molecule has 0 aliphatic carbocycles. The molecule has 0 fully saturated rings. The van der Waals surface area contributed by atoms with E-state index in [-0.39, 0.29) is 11.8 Å². The van der Waals surface area contributed by atoms with Gasteiger partial charge >= 0.3 is 0 Å². The number of fused-ring (bicyclic) bond motifs is 1. The van der Waals surface area contributed by atoms with E-state index in [9.17, 15) is 9.59 Å². The van der Waals surface area contributed by atoms with Gasteiger partial charge in [-0.15, -0.1) is 0 Å². The van der Waals surface area contributed by atoms with Crippen LogP contribution < -0.4 is 10.6 Å². The van der Waals surface area contributed by atoms with E-state index in [2.05, 4.69) is 20.6 Å². The second-order valence-corrected chi connectivity index (χ2v) is 6.67. The third-order valence-corrected chi connectivity index (χ3v) is 4.38. The van der Waals surface area contributed by atoms with Crippen LogP contribution in [0.5, 0.6) is 0 Å². The second-order valence-electron chi connectivity index (χ2n) is 6.28. The van der Waals surface area contributed by atoms with Crippen LogP contribution in [0.15, 0.2) is 48.7 Å². The number of hydrogen-bond acceptors (Lipinski definition) is 3. The highest BCUT2D eigenvalue weighted by Gasteiger charge is 2.22. The molecule has 1 atom stereocenters. The van der Waals surface area contributed by atoms with E-state index in [4.69, 9.17) is 11.6 Å². The van der Waals surface area contributed by atoms with Crippen LogP contribution in [0.3, 0.4) is 0 Å². The number of benzene rings is 1. The van der Waals surface area contributed by atoms with Crippen molar-refractivity contribution in [3.05, 3.63) is 65.1 Å². The lowest BCUT2D eigenvalue weighted by Crippen LogP contribution is -2.48. The fourth-order valence-corrected chi connectivity index (χ4v) is 2.96. The summed E-state index contributed by atoms with van der Waals surface area (Å²) in [5.41, 5.74) is 2.04. The first kappa shape index (κ1) is 18.9. The van der Waals surface area contributed by atoms with Crippen LogP contribution in [0.4, 0.5) is 0 Å². The number of nitrogens with one attached hydrogen (secondary N) is 3. The monoisotopic (exact) mass is 384 g/mol. The van der Waals surface area contributed by atoms with Crippen LogP contribution in [0, 0.1) is 0 Å². The van der Waals surface area contributed by atoms with Gasteiger partial charge in [0.15, 0.2) is 0 Å². The number of amides is 2. The van der Waals surface area contributed by atoms with Gasteiger partial charge < -0.3 is 15.6 Å². The molecule has 3 rings (SSSR count). The predicted molar refractivity (Wildman–Crippen MR) is 106 cm³/mol. The Morgan fingerprint density at radius 3 is 2.74 bits per heavy atom. The Balaban J connectivity index is 1.78. The summed E-state index contributed by atoms with van der Waals surface area (Å²) < 4.78 is 0. The molecule has 3 aromatic rings. The van der Waals surface area contributed by atoms with Crippen LogP contribution >= 0.6 is 11.6 Å². The summed E-state index contributed by atoms with van der Waals surface area (Å²) >= 11 is 5.89. The molecule has 0 aliphatic heterocycles. The number of H-pyrrole nitrogens is 1. The van der Waals surface area contributed by atoms with Gasteiger partial charge in [-0.3, -0.25) is 9.59 Å². The average Bonchev–Trinajstić information content (AvgIpc) is 3.09. The lowest BCUT2D eigenvalue weighted by molar-refractivity contribution is -0.122. The molecule has 0 unspecified atom stereocenters. The van der Waals surface area contributed by atoms with Gasteiger partial charge in [-0.1, -0.05) is 48.9 Å². The highest BCUT2D eigenvalue weighted by atomic mass is 35.5. The molecule has 0 bridgehead atoms. The minimum atomic E-state index is -0.667. The Morgan fingerprint density at radius 2 is 2.00 bits per heavy atom. The smallest absolute Gasteiger partial charge is 0.268 e. The Hall–Kier alpha value is -2.86. The fourth-order valence-electron chi connectivity index (χ4n) is 2.79. The van der Waals surface area contributed by atoms with E-state index >= 15 is 0 Å². The van der Waals surface area contributed by atoms with E-state index < -0.39 is 6.04 Å². The maximum absolute atomic E-state index is 12.7. The number of halogens is 1. The third kappa shape index (κ3) is 4.86. The quantitative estimate of drug-likeness (QED) is 0.547. The first-order chi connectivity index (χ1) is 13.1. The summed E-state index contributed by atoms with van der Waals surface area (Å²) in [6.45, 7) is 2.55. The van der Waals surface area contributed by atoms with E-state index in [1.807, 2.05) is 37.3 Å². The molecule has 6 nitrogen and oxygen atoms in total. The number of pyridine rings is 1. The maximum Gasteiger partial charge on any atom is 0.268 e. The topological polar surface area (TPSA) is 86.9 Å². The summed E-state index contributed by atoms with van der Waals surface area (Å²) in [7, 11) is 0. The first-order valence-corrected chi connectivity index (χ1v) is 9.21. The lowest BCUT2D eigenvalue weighted by Gasteiger charge is -2.18. The SMILES string of the molecule is CCCNC(=O)[C@H](Cc1ccccc1)NC(=O)c1cc2cc(Cl)ncc2[nH]1. The molecule has 2 heterocycles. The minimum absolute atomic E-state index is 0.199. The van der Waals surface area contributed by atoms with Crippen LogP contribution in [0.25, 0.3) is 10.9 Å². The zero-order valence-corrected chi connectivity index (χ0v) is 15.7. The third-order valence-electron chi connectivity index (χ3n) is 4.17. The van der Waals surface area contributed by atoms with Gasteiger partial charge in [-0.2, -0.15) is 0 Å². The van der Waals surface area contributed by atoms with Crippen LogP contribution in [0.2, 0.25) is 5.15 Å². The van der Waals surface area contributed by atoms with Gasteiger partial charge in [-0.05, 0) is 24.1 Å². The number of hydrogen-bond donors (Lipinski definition) is 3. The molecule has 2 aromatic heterocycles. The van der Waals surface area contributed by atoms with Crippen molar-refractivity contribution in [1.29, 1.82) is 0 Å². The summed E-state index contributed by atoms with van der Waals surface area (Å²) in [5, 5.41) is 6.83. The molecular weight excluding hydrogens is 364 g/mol. The molecule has 140 valence electrons. The molecule has 0 saturated carbocycles. The van der Waals surface area contributed by atoms with Gasteiger partial charge in [0.2, 0.25) is 5.91 Å². The maximum atomic E-state index is 12.7. The van der Waals surface area contributed by atoms with Crippen molar-refractivity contribution in [2.45, 2.75) is 25.8 Å². The zero-order chi connectivity index (χ0) is 19.2. The highest BCUT2D eigenvalue weighted by Crippen LogP contribution is 2.18. The average molecular weight is 385 g/mol. The summed E-state index contributed by atoms with van der Waals surface area (Å²) in [6, 6.07) is 12.3. The van der Waals surface area contributed by atoms with Crippen molar-refractivity contribution in [2.24, 2.45) is 0 Å². The Labute approximate surface area is 162 Å². The predicted octanol–water partition coefficient (Wildman–Crippen LogP) is 3.08. The Bertz CT molecular complexity index is 940. The summed E-state index contributed by atoms with van der Waals surface area (Å²) in [6.07, 6.45) is 2.81. The van der Waals surface area contributed by atoms with Gasteiger partial charge in [-0.25, -0.2) is 4.98 Å². The molecule has 1 aromatic carbocycles. The molecule has 7 heteroatoms. The lowest BCUT2D eigenvalue weighted by atomic mass is 10.0. The van der Waals surface area contributed by atoms with Crippen LogP contribution in [-0.2, 0) is 11.2 Å². The van der Waals surface area contributed by atoms with E-state index in [0.717, 1.165) is 17.4 Å². The number of rotatable bonds is 7. The van der Waals surface area contributed by atoms with Crippen molar-refractivity contribution in [3.63, 3.8) is 0 Å². The molecule has 0 radical (unpaired) electrons. The van der Waals surface area contributed by atoms with Crippen molar-refractivity contribution < 1.29 is 9.59 Å². The van der Waals surface area contributed by atoms with E-state index in [1.165, 1.54) is 0 Å². The highest BCUT2D eigenvalue weighted by molar-refractivity contribution is 6.30. The normalized spacial score (nSPS) is 11.9. The number of aromatic nitrogens is 2. The molecule has 27 heavy (non-hydrogen) atoms. The summed E-state index contributed by atoms with van der Waals surface area (Å²) in [5.74, 6) is -0.551. The van der Waals surface area contributed by atoms with Crippen LogP contribution in [-0.4, -0.2) is 34.4 Å².